The summed E-state index contributed by atoms with van der Waals surface area (Å²) in [4.78, 5) is 0. The van der Waals surface area contributed by atoms with E-state index in [2.05, 4.69) is 44.8 Å². The lowest BCUT2D eigenvalue weighted by molar-refractivity contribution is 0.425. The first-order valence-corrected chi connectivity index (χ1v) is 8.10. The number of rotatable bonds is 2. The van der Waals surface area contributed by atoms with Crippen LogP contribution in [0.5, 0.6) is 0 Å². The van der Waals surface area contributed by atoms with Crippen molar-refractivity contribution >= 4 is 50.3 Å². The second kappa shape index (κ2) is 5.53. The molecule has 1 heterocycles. The number of nitrogens with zero attached hydrogens (tertiary/aromatic N) is 1. The van der Waals surface area contributed by atoms with Crippen LogP contribution in [0, 0.1) is 0 Å². The fourth-order valence-electron chi connectivity index (χ4n) is 3.07. The van der Waals surface area contributed by atoms with Crippen molar-refractivity contribution in [2.45, 2.75) is 0 Å². The van der Waals surface area contributed by atoms with Gasteiger partial charge in [-0.25, -0.2) is 0 Å². The topological polar surface area (TPSA) is 45.4 Å². The van der Waals surface area contributed by atoms with Crippen molar-refractivity contribution < 1.29 is 10.0 Å². The highest BCUT2D eigenvalue weighted by atomic mass is 79.9. The van der Waals surface area contributed by atoms with Crippen LogP contribution in [0.25, 0.3) is 27.5 Å². The average molecular weight is 366 g/mol. The molecule has 3 nitrogen and oxygen atoms in total. The molecule has 0 amide bonds. The Kier molecular flexibility index (Phi) is 3.49. The van der Waals surface area contributed by atoms with E-state index >= 15 is 0 Å². The minimum atomic E-state index is -1.49. The Bertz CT molecular complexity index is 973. The first-order chi connectivity index (χ1) is 11.2. The number of para-hydroxylation sites is 2. The Morgan fingerprint density at radius 1 is 0.783 bits per heavy atom. The van der Waals surface area contributed by atoms with E-state index < -0.39 is 7.12 Å². The third kappa shape index (κ3) is 2.29. The zero-order chi connectivity index (χ0) is 16.0. The van der Waals surface area contributed by atoms with Gasteiger partial charge >= 0.3 is 7.12 Å². The van der Waals surface area contributed by atoms with Crippen molar-refractivity contribution in [1.29, 1.82) is 0 Å². The summed E-state index contributed by atoms with van der Waals surface area (Å²) in [6.45, 7) is 0. The fourth-order valence-corrected chi connectivity index (χ4v) is 3.64. The van der Waals surface area contributed by atoms with Gasteiger partial charge in [0.15, 0.2) is 0 Å². The van der Waals surface area contributed by atoms with Crippen LogP contribution in [0.15, 0.2) is 71.2 Å². The van der Waals surface area contributed by atoms with Crippen LogP contribution in [0.1, 0.15) is 0 Å². The summed E-state index contributed by atoms with van der Waals surface area (Å²) in [7, 11) is -1.49. The standard InChI is InChI=1S/C18H13BBrNO2/c20-16-11-12(9-10-15(16)19(22)23)21-17-7-3-1-5-13(17)14-6-2-4-8-18(14)21/h1-11,22-23H. The third-order valence-corrected chi connectivity index (χ3v) is 4.79. The molecule has 0 bridgehead atoms. The Morgan fingerprint density at radius 2 is 1.35 bits per heavy atom. The second-order valence-corrected chi connectivity index (χ2v) is 6.30. The minimum absolute atomic E-state index is 0.453. The van der Waals surface area contributed by atoms with E-state index in [4.69, 9.17) is 0 Å². The van der Waals surface area contributed by atoms with E-state index in [1.54, 1.807) is 6.07 Å². The minimum Gasteiger partial charge on any atom is -0.423 e. The van der Waals surface area contributed by atoms with E-state index in [0.717, 1.165) is 16.7 Å². The van der Waals surface area contributed by atoms with Crippen molar-refractivity contribution in [1.82, 2.24) is 4.57 Å². The SMILES string of the molecule is OB(O)c1ccc(-n2c3ccccc3c3ccccc32)cc1Br. The Balaban J connectivity index is 2.06. The van der Waals surface area contributed by atoms with Crippen LogP contribution < -0.4 is 5.46 Å². The van der Waals surface area contributed by atoms with E-state index in [1.807, 2.05) is 36.4 Å². The summed E-state index contributed by atoms with van der Waals surface area (Å²) < 4.78 is 2.86. The van der Waals surface area contributed by atoms with Crippen LogP contribution in [0.4, 0.5) is 0 Å². The lowest BCUT2D eigenvalue weighted by Crippen LogP contribution is -2.30. The van der Waals surface area contributed by atoms with Crippen molar-refractivity contribution in [2.24, 2.45) is 0 Å². The third-order valence-electron chi connectivity index (χ3n) is 4.10. The average Bonchev–Trinajstić information content (AvgIpc) is 2.89. The van der Waals surface area contributed by atoms with Gasteiger partial charge in [-0.1, -0.05) is 58.4 Å². The lowest BCUT2D eigenvalue weighted by Gasteiger charge is -2.10. The van der Waals surface area contributed by atoms with Gasteiger partial charge in [-0.05, 0) is 29.7 Å². The van der Waals surface area contributed by atoms with Crippen LogP contribution in [-0.2, 0) is 0 Å². The van der Waals surface area contributed by atoms with Gasteiger partial charge in [0, 0.05) is 20.9 Å². The van der Waals surface area contributed by atoms with Gasteiger partial charge in [-0.15, -0.1) is 0 Å². The van der Waals surface area contributed by atoms with Gasteiger partial charge in [0.05, 0.1) is 11.0 Å². The maximum atomic E-state index is 9.39. The first-order valence-electron chi connectivity index (χ1n) is 7.31. The monoisotopic (exact) mass is 365 g/mol. The zero-order valence-electron chi connectivity index (χ0n) is 12.1. The molecule has 5 heteroatoms. The molecule has 1 aromatic heterocycles. The summed E-state index contributed by atoms with van der Waals surface area (Å²) in [5.74, 6) is 0. The van der Waals surface area contributed by atoms with Crippen molar-refractivity contribution in [3.05, 3.63) is 71.2 Å². The normalized spacial score (nSPS) is 11.3. The molecular formula is C18H13BBrNO2. The first kappa shape index (κ1) is 14.5. The number of fused-ring (bicyclic) bond motifs is 3. The summed E-state index contributed by atoms with van der Waals surface area (Å²) in [6.07, 6.45) is 0. The summed E-state index contributed by atoms with van der Waals surface area (Å²) in [5.41, 5.74) is 3.67. The Labute approximate surface area is 142 Å². The predicted molar refractivity (Wildman–Crippen MR) is 98.3 cm³/mol. The molecule has 0 aliphatic rings. The van der Waals surface area contributed by atoms with E-state index in [9.17, 15) is 10.0 Å². The molecular weight excluding hydrogens is 353 g/mol. The van der Waals surface area contributed by atoms with Crippen molar-refractivity contribution in [2.75, 3.05) is 0 Å². The van der Waals surface area contributed by atoms with Gasteiger partial charge in [0.2, 0.25) is 0 Å². The van der Waals surface area contributed by atoms with Gasteiger partial charge in [0.1, 0.15) is 0 Å². The largest absolute Gasteiger partial charge is 0.489 e. The Hall–Kier alpha value is -2.08. The number of hydrogen-bond acceptors (Lipinski definition) is 2. The molecule has 0 fully saturated rings. The number of benzene rings is 3. The maximum Gasteiger partial charge on any atom is 0.489 e. The molecule has 0 saturated heterocycles. The van der Waals surface area contributed by atoms with Crippen LogP contribution in [0.3, 0.4) is 0 Å². The Morgan fingerprint density at radius 3 is 1.87 bits per heavy atom. The summed E-state index contributed by atoms with van der Waals surface area (Å²) >= 11 is 3.43. The van der Waals surface area contributed by atoms with E-state index in [0.29, 0.717) is 9.94 Å². The zero-order valence-corrected chi connectivity index (χ0v) is 13.7. The highest BCUT2D eigenvalue weighted by Crippen LogP contribution is 2.32. The van der Waals surface area contributed by atoms with Gasteiger partial charge in [-0.2, -0.15) is 0 Å². The van der Waals surface area contributed by atoms with Gasteiger partial charge in [-0.3, -0.25) is 0 Å². The molecule has 0 unspecified atom stereocenters. The lowest BCUT2D eigenvalue weighted by atomic mass is 9.80. The second-order valence-electron chi connectivity index (χ2n) is 5.45. The summed E-state index contributed by atoms with van der Waals surface area (Å²) in [5, 5.41) is 21.2. The molecule has 0 aliphatic carbocycles. The highest BCUT2D eigenvalue weighted by Gasteiger charge is 2.17. The molecule has 2 N–H and O–H groups in total. The molecule has 0 atom stereocenters. The molecule has 3 aromatic carbocycles. The molecule has 4 rings (SSSR count). The maximum absolute atomic E-state index is 9.39. The van der Waals surface area contributed by atoms with Gasteiger partial charge in [0.25, 0.3) is 0 Å². The predicted octanol–water partition coefficient (Wildman–Crippen LogP) is 3.23. The number of aromatic nitrogens is 1. The van der Waals surface area contributed by atoms with Crippen molar-refractivity contribution in [3.8, 4) is 5.69 Å². The number of halogens is 1. The number of hydrogen-bond donors (Lipinski definition) is 2. The van der Waals surface area contributed by atoms with Crippen LogP contribution in [-0.4, -0.2) is 21.7 Å². The van der Waals surface area contributed by atoms with Crippen LogP contribution >= 0.6 is 15.9 Å². The van der Waals surface area contributed by atoms with E-state index in [1.165, 1.54) is 10.8 Å². The van der Waals surface area contributed by atoms with Gasteiger partial charge < -0.3 is 14.6 Å². The van der Waals surface area contributed by atoms with Crippen molar-refractivity contribution in [3.63, 3.8) is 0 Å². The molecule has 4 aromatic rings. The highest BCUT2D eigenvalue weighted by molar-refractivity contribution is 9.10. The molecule has 23 heavy (non-hydrogen) atoms. The van der Waals surface area contributed by atoms with Crippen LogP contribution in [0.2, 0.25) is 0 Å². The fraction of sp³-hybridized carbons (Fsp3) is 0. The molecule has 0 aliphatic heterocycles. The quantitative estimate of drug-likeness (QED) is 0.536. The smallest absolute Gasteiger partial charge is 0.423 e. The molecule has 112 valence electrons. The molecule has 0 spiro atoms. The molecule has 0 saturated carbocycles. The van der Waals surface area contributed by atoms with E-state index in [-0.39, 0.29) is 0 Å². The molecule has 0 radical (unpaired) electrons. The summed E-state index contributed by atoms with van der Waals surface area (Å²) in [6, 6.07) is 22.1.